The SMILES string of the molecule is CCOC(=O)CNC(=O)N1Cc2c(sc3c2CCCC3)-n2cccc2[C@H]1c1ccc(SC)cc1. The van der Waals surface area contributed by atoms with Crippen molar-refractivity contribution < 1.29 is 14.3 Å². The van der Waals surface area contributed by atoms with Crippen LogP contribution >= 0.6 is 23.1 Å². The maximum absolute atomic E-state index is 13.6. The zero-order valence-corrected chi connectivity index (χ0v) is 21.1. The lowest BCUT2D eigenvalue weighted by Crippen LogP contribution is -2.44. The second-order valence-corrected chi connectivity index (χ2v) is 10.5. The number of nitrogens with zero attached hydrogens (tertiary/aromatic N) is 2. The number of carbonyl (C=O) groups is 2. The molecule has 3 aromatic rings. The fraction of sp³-hybridized carbons (Fsp3) is 0.385. The summed E-state index contributed by atoms with van der Waals surface area (Å²) >= 11 is 3.56. The lowest BCUT2D eigenvalue weighted by atomic mass is 9.95. The van der Waals surface area contributed by atoms with E-state index >= 15 is 0 Å². The topological polar surface area (TPSA) is 63.6 Å². The summed E-state index contributed by atoms with van der Waals surface area (Å²) in [6, 6.07) is 12.0. The van der Waals surface area contributed by atoms with Gasteiger partial charge in [-0.3, -0.25) is 4.79 Å². The van der Waals surface area contributed by atoms with Crippen LogP contribution in [-0.4, -0.2) is 40.9 Å². The fourth-order valence-electron chi connectivity index (χ4n) is 4.98. The highest BCUT2D eigenvalue weighted by Crippen LogP contribution is 2.44. The summed E-state index contributed by atoms with van der Waals surface area (Å²) in [6.07, 6.45) is 8.74. The lowest BCUT2D eigenvalue weighted by molar-refractivity contribution is -0.141. The van der Waals surface area contributed by atoms with Crippen LogP contribution in [0.25, 0.3) is 5.00 Å². The Bertz CT molecular complexity index is 1200. The first kappa shape index (κ1) is 23.1. The molecule has 0 unspecified atom stereocenters. The van der Waals surface area contributed by atoms with Crippen LogP contribution in [0.15, 0.2) is 47.5 Å². The molecule has 1 aliphatic carbocycles. The van der Waals surface area contributed by atoms with Crippen molar-refractivity contribution in [3.05, 3.63) is 69.9 Å². The monoisotopic (exact) mass is 495 g/mol. The van der Waals surface area contributed by atoms with E-state index in [0.717, 1.165) is 24.1 Å². The van der Waals surface area contributed by atoms with Crippen LogP contribution in [0.3, 0.4) is 0 Å². The van der Waals surface area contributed by atoms with Gasteiger partial charge in [0.05, 0.1) is 24.9 Å². The van der Waals surface area contributed by atoms with Gasteiger partial charge in [0.2, 0.25) is 0 Å². The van der Waals surface area contributed by atoms with Crippen LogP contribution < -0.4 is 5.32 Å². The van der Waals surface area contributed by atoms with E-state index in [1.807, 2.05) is 16.2 Å². The highest BCUT2D eigenvalue weighted by molar-refractivity contribution is 7.98. The van der Waals surface area contributed by atoms with Gasteiger partial charge in [0, 0.05) is 21.5 Å². The van der Waals surface area contributed by atoms with Crippen LogP contribution in [0.4, 0.5) is 4.79 Å². The van der Waals surface area contributed by atoms with Crippen molar-refractivity contribution in [2.45, 2.75) is 50.1 Å². The zero-order chi connectivity index (χ0) is 23.7. The highest BCUT2D eigenvalue weighted by atomic mass is 32.2. The molecule has 2 aromatic heterocycles. The number of thiophene rings is 1. The number of aryl methyl sites for hydroxylation is 1. The number of rotatable bonds is 5. The van der Waals surface area contributed by atoms with Crippen LogP contribution in [0.5, 0.6) is 0 Å². The molecular formula is C26H29N3O3S2. The van der Waals surface area contributed by atoms with E-state index in [1.165, 1.54) is 38.7 Å². The largest absolute Gasteiger partial charge is 0.465 e. The summed E-state index contributed by atoms with van der Waals surface area (Å²) in [4.78, 5) is 30.1. The van der Waals surface area contributed by atoms with Crippen LogP contribution in [0, 0.1) is 0 Å². The minimum absolute atomic E-state index is 0.142. The Morgan fingerprint density at radius 1 is 1.15 bits per heavy atom. The van der Waals surface area contributed by atoms with Crippen molar-refractivity contribution >= 4 is 35.1 Å². The van der Waals surface area contributed by atoms with Gasteiger partial charge in [-0.25, -0.2) is 4.79 Å². The standard InChI is InChI=1S/C26H29N3O3S2/c1-3-32-23(30)15-27-26(31)29-16-20-19-7-4-5-9-22(19)34-25(20)28-14-6-8-21(28)24(29)17-10-12-18(33-2)13-11-17/h6,8,10-14,24H,3-5,7,9,15-16H2,1-2H3,(H,27,31)/t24-/m1/s1. The van der Waals surface area contributed by atoms with Crippen molar-refractivity contribution in [3.8, 4) is 5.00 Å². The molecule has 1 aromatic carbocycles. The first-order valence-corrected chi connectivity index (χ1v) is 13.8. The third-order valence-electron chi connectivity index (χ3n) is 6.56. The Morgan fingerprint density at radius 2 is 1.94 bits per heavy atom. The van der Waals surface area contributed by atoms with Crippen molar-refractivity contribution in [1.29, 1.82) is 0 Å². The summed E-state index contributed by atoms with van der Waals surface area (Å²) in [6.45, 7) is 2.42. The molecule has 2 aliphatic rings. The predicted molar refractivity (Wildman–Crippen MR) is 136 cm³/mol. The predicted octanol–water partition coefficient (Wildman–Crippen LogP) is 5.32. The third-order valence-corrected chi connectivity index (χ3v) is 8.64. The van der Waals surface area contributed by atoms with E-state index in [4.69, 9.17) is 4.74 Å². The Morgan fingerprint density at radius 3 is 2.71 bits per heavy atom. The van der Waals surface area contributed by atoms with Gasteiger partial charge in [-0.2, -0.15) is 0 Å². The number of hydrogen-bond acceptors (Lipinski definition) is 5. The average molecular weight is 496 g/mol. The molecule has 1 atom stereocenters. The van der Waals surface area contributed by atoms with E-state index < -0.39 is 5.97 Å². The first-order valence-electron chi connectivity index (χ1n) is 11.8. The quantitative estimate of drug-likeness (QED) is 0.385. The third kappa shape index (κ3) is 4.25. The number of carbonyl (C=O) groups excluding carboxylic acids is 2. The number of fused-ring (bicyclic) bond motifs is 5. The summed E-state index contributed by atoms with van der Waals surface area (Å²) in [5, 5.41) is 4.04. The van der Waals surface area contributed by atoms with E-state index in [0.29, 0.717) is 13.2 Å². The number of hydrogen-bond donors (Lipinski definition) is 1. The second kappa shape index (κ2) is 9.88. The number of amides is 2. The smallest absolute Gasteiger partial charge is 0.325 e. The van der Waals surface area contributed by atoms with Crippen LogP contribution in [0.2, 0.25) is 0 Å². The van der Waals surface area contributed by atoms with Gasteiger partial charge in [0.1, 0.15) is 11.5 Å². The number of benzene rings is 1. The molecule has 1 N–H and O–H groups in total. The zero-order valence-electron chi connectivity index (χ0n) is 19.5. The molecule has 0 radical (unpaired) electrons. The van der Waals surface area contributed by atoms with E-state index in [1.54, 1.807) is 18.7 Å². The molecule has 34 heavy (non-hydrogen) atoms. The Hall–Kier alpha value is -2.71. The molecule has 0 saturated carbocycles. The van der Waals surface area contributed by atoms with Crippen molar-refractivity contribution in [2.75, 3.05) is 19.4 Å². The summed E-state index contributed by atoms with van der Waals surface area (Å²) < 4.78 is 7.29. The van der Waals surface area contributed by atoms with E-state index in [-0.39, 0.29) is 18.6 Å². The Kier molecular flexibility index (Phi) is 6.70. The normalized spacial score (nSPS) is 16.8. The lowest BCUT2D eigenvalue weighted by Gasteiger charge is -2.31. The number of ether oxygens (including phenoxy) is 1. The molecule has 1 aliphatic heterocycles. The maximum atomic E-state index is 13.6. The number of thioether (sulfide) groups is 1. The molecule has 8 heteroatoms. The summed E-state index contributed by atoms with van der Waals surface area (Å²) in [5.74, 6) is -0.427. The average Bonchev–Trinajstić information content (AvgIpc) is 3.45. The van der Waals surface area contributed by atoms with E-state index in [9.17, 15) is 9.59 Å². The second-order valence-electron chi connectivity index (χ2n) is 8.56. The molecular weight excluding hydrogens is 466 g/mol. The van der Waals surface area contributed by atoms with Crippen molar-refractivity contribution in [3.63, 3.8) is 0 Å². The maximum Gasteiger partial charge on any atom is 0.325 e. The van der Waals surface area contributed by atoms with Crippen LogP contribution in [-0.2, 0) is 28.9 Å². The number of esters is 1. The Balaban J connectivity index is 1.59. The van der Waals surface area contributed by atoms with Gasteiger partial charge < -0.3 is 19.5 Å². The molecule has 5 rings (SSSR count). The van der Waals surface area contributed by atoms with Gasteiger partial charge in [-0.15, -0.1) is 23.1 Å². The molecule has 0 saturated heterocycles. The number of aromatic nitrogens is 1. The fourth-order valence-corrected chi connectivity index (χ4v) is 6.80. The molecule has 0 spiro atoms. The number of urea groups is 1. The minimum atomic E-state index is -0.427. The molecule has 0 fully saturated rings. The summed E-state index contributed by atoms with van der Waals surface area (Å²) in [5.41, 5.74) is 4.76. The van der Waals surface area contributed by atoms with Gasteiger partial charge in [0.25, 0.3) is 0 Å². The molecule has 178 valence electrons. The molecule has 6 nitrogen and oxygen atoms in total. The Labute approximate surface area is 208 Å². The first-order chi connectivity index (χ1) is 16.6. The van der Waals surface area contributed by atoms with Gasteiger partial charge >= 0.3 is 12.0 Å². The molecule has 0 bridgehead atoms. The van der Waals surface area contributed by atoms with Gasteiger partial charge in [0.15, 0.2) is 0 Å². The minimum Gasteiger partial charge on any atom is -0.465 e. The van der Waals surface area contributed by atoms with Crippen molar-refractivity contribution in [1.82, 2.24) is 14.8 Å². The van der Waals surface area contributed by atoms with E-state index in [2.05, 4.69) is 58.7 Å². The number of nitrogens with one attached hydrogen (secondary N) is 1. The summed E-state index contributed by atoms with van der Waals surface area (Å²) in [7, 11) is 0. The molecule has 2 amide bonds. The highest BCUT2D eigenvalue weighted by Gasteiger charge is 2.36. The van der Waals surface area contributed by atoms with Crippen LogP contribution in [0.1, 0.15) is 53.1 Å². The van der Waals surface area contributed by atoms with Gasteiger partial charge in [-0.05, 0) is 74.3 Å². The molecule has 3 heterocycles. The van der Waals surface area contributed by atoms with Crippen molar-refractivity contribution in [2.24, 2.45) is 0 Å². The van der Waals surface area contributed by atoms with Gasteiger partial charge in [-0.1, -0.05) is 12.1 Å².